The first kappa shape index (κ1) is 18.8. The molecule has 2 nitrogen and oxygen atoms in total. The van der Waals surface area contributed by atoms with Crippen molar-refractivity contribution in [2.45, 2.75) is 39.0 Å². The molecule has 1 saturated carbocycles. The molecule has 130 valence electrons. The lowest BCUT2D eigenvalue weighted by molar-refractivity contribution is 0.122. The Morgan fingerprint density at radius 1 is 1.17 bits per heavy atom. The molecule has 0 N–H and O–H groups in total. The standard InChI is InChI=1S/C20H33ClN2/c1-4-8-19(15-17(2)21)20(18-9-6-5-7-10-18)16-23-13-11-22(3)12-14-23/h4,8,15,18,20H,1,5-7,9-14,16H2,2-3H3/b17-15+,19-8+. The van der Waals surface area contributed by atoms with Crippen molar-refractivity contribution in [3.8, 4) is 0 Å². The van der Waals surface area contributed by atoms with E-state index in [-0.39, 0.29) is 0 Å². The van der Waals surface area contributed by atoms with E-state index < -0.39 is 0 Å². The maximum atomic E-state index is 6.22. The van der Waals surface area contributed by atoms with Crippen LogP contribution in [0.2, 0.25) is 0 Å². The smallest absolute Gasteiger partial charge is 0.0152 e. The highest BCUT2D eigenvalue weighted by Crippen LogP contribution is 2.35. The minimum Gasteiger partial charge on any atom is -0.304 e. The molecule has 0 aromatic rings. The first-order valence-corrected chi connectivity index (χ1v) is 9.55. The first-order valence-electron chi connectivity index (χ1n) is 9.17. The van der Waals surface area contributed by atoms with Gasteiger partial charge in [-0.3, -0.25) is 0 Å². The lowest BCUT2D eigenvalue weighted by atomic mass is 9.76. The number of piperazine rings is 1. The molecular formula is C20H33ClN2. The monoisotopic (exact) mass is 336 g/mol. The molecule has 1 unspecified atom stereocenters. The third-order valence-corrected chi connectivity index (χ3v) is 5.48. The van der Waals surface area contributed by atoms with Crippen LogP contribution in [0.25, 0.3) is 0 Å². The molecule has 0 radical (unpaired) electrons. The Bertz CT molecular complexity index is 423. The Hall–Kier alpha value is -0.570. The van der Waals surface area contributed by atoms with Gasteiger partial charge in [0.05, 0.1) is 0 Å². The summed E-state index contributed by atoms with van der Waals surface area (Å²) < 4.78 is 0. The molecule has 2 fully saturated rings. The van der Waals surface area contributed by atoms with E-state index in [0.29, 0.717) is 5.92 Å². The van der Waals surface area contributed by atoms with Crippen LogP contribution in [0.4, 0.5) is 0 Å². The van der Waals surface area contributed by atoms with Crippen molar-refractivity contribution in [2.24, 2.45) is 11.8 Å². The highest BCUT2D eigenvalue weighted by atomic mass is 35.5. The molecule has 1 aliphatic carbocycles. The van der Waals surface area contributed by atoms with Gasteiger partial charge in [0.1, 0.15) is 0 Å². The number of halogens is 1. The molecule has 2 aliphatic rings. The molecule has 1 atom stereocenters. The van der Waals surface area contributed by atoms with Crippen molar-refractivity contribution in [3.63, 3.8) is 0 Å². The van der Waals surface area contributed by atoms with Crippen LogP contribution in [-0.4, -0.2) is 49.6 Å². The zero-order valence-corrected chi connectivity index (χ0v) is 15.7. The topological polar surface area (TPSA) is 6.48 Å². The van der Waals surface area contributed by atoms with Crippen molar-refractivity contribution in [3.05, 3.63) is 35.4 Å². The number of likely N-dealkylation sites (N-methyl/N-ethyl adjacent to an activating group) is 1. The second-order valence-corrected chi connectivity index (χ2v) is 7.84. The lowest BCUT2D eigenvalue weighted by Crippen LogP contribution is -2.47. The molecule has 0 spiro atoms. The maximum Gasteiger partial charge on any atom is 0.0152 e. The summed E-state index contributed by atoms with van der Waals surface area (Å²) in [7, 11) is 2.22. The molecular weight excluding hydrogens is 304 g/mol. The van der Waals surface area contributed by atoms with E-state index in [1.54, 1.807) is 0 Å². The molecule has 0 aromatic heterocycles. The molecule has 0 aromatic carbocycles. The zero-order chi connectivity index (χ0) is 16.7. The highest BCUT2D eigenvalue weighted by molar-refractivity contribution is 6.29. The normalized spacial score (nSPS) is 24.7. The average molecular weight is 337 g/mol. The van der Waals surface area contributed by atoms with Crippen molar-refractivity contribution < 1.29 is 0 Å². The SMILES string of the molecule is C=C/C=C(\C=C(/C)Cl)C(CN1CCN(C)CC1)C1CCCCC1. The highest BCUT2D eigenvalue weighted by Gasteiger charge is 2.28. The van der Waals surface area contributed by atoms with E-state index in [1.165, 1.54) is 70.4 Å². The van der Waals surface area contributed by atoms with Crippen LogP contribution in [0.15, 0.2) is 35.4 Å². The van der Waals surface area contributed by atoms with Gasteiger partial charge >= 0.3 is 0 Å². The van der Waals surface area contributed by atoms with E-state index in [1.807, 2.05) is 13.0 Å². The summed E-state index contributed by atoms with van der Waals surface area (Å²) in [6, 6.07) is 0. The molecule has 1 aliphatic heterocycles. The number of hydrogen-bond donors (Lipinski definition) is 0. The quantitative estimate of drug-likeness (QED) is 0.649. The van der Waals surface area contributed by atoms with Gasteiger partial charge in [-0.15, -0.1) is 0 Å². The fourth-order valence-corrected chi connectivity index (χ4v) is 4.14. The van der Waals surface area contributed by atoms with Gasteiger partial charge in [-0.05, 0) is 50.3 Å². The van der Waals surface area contributed by atoms with Gasteiger partial charge in [0.15, 0.2) is 0 Å². The maximum absolute atomic E-state index is 6.22. The number of rotatable bonds is 6. The molecule has 0 bridgehead atoms. The summed E-state index contributed by atoms with van der Waals surface area (Å²) in [4.78, 5) is 5.07. The zero-order valence-electron chi connectivity index (χ0n) is 14.9. The van der Waals surface area contributed by atoms with Crippen molar-refractivity contribution >= 4 is 11.6 Å². The van der Waals surface area contributed by atoms with Crippen LogP contribution >= 0.6 is 11.6 Å². The summed E-state index contributed by atoms with van der Waals surface area (Å²) in [5.41, 5.74) is 1.37. The minimum atomic E-state index is 0.588. The first-order chi connectivity index (χ1) is 11.1. The van der Waals surface area contributed by atoms with E-state index in [2.05, 4.69) is 35.6 Å². The second-order valence-electron chi connectivity index (χ2n) is 7.24. The van der Waals surface area contributed by atoms with E-state index in [9.17, 15) is 0 Å². The van der Waals surface area contributed by atoms with Crippen LogP contribution < -0.4 is 0 Å². The van der Waals surface area contributed by atoms with Crippen LogP contribution in [0.5, 0.6) is 0 Å². The Labute approximate surface area is 147 Å². The van der Waals surface area contributed by atoms with Crippen molar-refractivity contribution in [1.82, 2.24) is 9.80 Å². The largest absolute Gasteiger partial charge is 0.304 e. The molecule has 2 rings (SSSR count). The predicted molar refractivity (Wildman–Crippen MR) is 102 cm³/mol. The molecule has 23 heavy (non-hydrogen) atoms. The predicted octanol–water partition coefficient (Wildman–Crippen LogP) is 4.69. The van der Waals surface area contributed by atoms with E-state index in [0.717, 1.165) is 11.0 Å². The summed E-state index contributed by atoms with van der Waals surface area (Å²) in [6.45, 7) is 11.8. The molecule has 1 heterocycles. The van der Waals surface area contributed by atoms with E-state index in [4.69, 9.17) is 11.6 Å². The Kier molecular flexibility index (Phi) is 7.88. The van der Waals surface area contributed by atoms with Crippen LogP contribution in [0.3, 0.4) is 0 Å². The summed E-state index contributed by atoms with van der Waals surface area (Å²) in [6.07, 6.45) is 13.2. The van der Waals surface area contributed by atoms with Gasteiger partial charge in [-0.25, -0.2) is 0 Å². The van der Waals surface area contributed by atoms with Gasteiger partial charge in [0, 0.05) is 37.8 Å². The van der Waals surface area contributed by atoms with Gasteiger partial charge in [-0.2, -0.15) is 0 Å². The number of allylic oxidation sites excluding steroid dienone is 4. The van der Waals surface area contributed by atoms with E-state index >= 15 is 0 Å². The Morgan fingerprint density at radius 3 is 2.39 bits per heavy atom. The third kappa shape index (κ3) is 6.10. The molecule has 0 amide bonds. The Morgan fingerprint density at radius 2 is 1.83 bits per heavy atom. The van der Waals surface area contributed by atoms with Crippen LogP contribution in [0, 0.1) is 11.8 Å². The molecule has 3 heteroatoms. The summed E-state index contributed by atoms with van der Waals surface area (Å²) in [5.74, 6) is 1.38. The van der Waals surface area contributed by atoms with Gasteiger partial charge in [0.2, 0.25) is 0 Å². The second kappa shape index (κ2) is 9.66. The third-order valence-electron chi connectivity index (χ3n) is 5.37. The van der Waals surface area contributed by atoms with Gasteiger partial charge < -0.3 is 9.80 Å². The fraction of sp³-hybridized carbons (Fsp3) is 0.700. The summed E-state index contributed by atoms with van der Waals surface area (Å²) in [5, 5.41) is 0.872. The lowest BCUT2D eigenvalue weighted by Gasteiger charge is -2.38. The number of hydrogen-bond acceptors (Lipinski definition) is 2. The van der Waals surface area contributed by atoms with Crippen LogP contribution in [-0.2, 0) is 0 Å². The summed E-state index contributed by atoms with van der Waals surface area (Å²) >= 11 is 6.22. The van der Waals surface area contributed by atoms with Crippen LogP contribution in [0.1, 0.15) is 39.0 Å². The van der Waals surface area contributed by atoms with Crippen molar-refractivity contribution in [1.29, 1.82) is 0 Å². The van der Waals surface area contributed by atoms with Crippen molar-refractivity contribution in [2.75, 3.05) is 39.8 Å². The fourth-order valence-electron chi connectivity index (χ4n) is 4.02. The Balaban J connectivity index is 2.14. The minimum absolute atomic E-state index is 0.588. The average Bonchev–Trinajstić information content (AvgIpc) is 2.54. The van der Waals surface area contributed by atoms with Gasteiger partial charge in [0.25, 0.3) is 0 Å². The molecule has 1 saturated heterocycles. The number of nitrogens with zero attached hydrogens (tertiary/aromatic N) is 2. The van der Waals surface area contributed by atoms with Gasteiger partial charge in [-0.1, -0.05) is 49.6 Å².